The number of carbonyl (C=O) groups is 1. The zero-order chi connectivity index (χ0) is 10.3. The SMILES string of the molecule is CNC(=O)CCNOCC(F)(F)F. The Morgan fingerprint density at radius 1 is 1.46 bits per heavy atom. The fraction of sp³-hybridized carbons (Fsp3) is 0.833. The van der Waals surface area contributed by atoms with Crippen LogP contribution in [0, 0.1) is 0 Å². The summed E-state index contributed by atoms with van der Waals surface area (Å²) in [5, 5.41) is 2.32. The van der Waals surface area contributed by atoms with Gasteiger partial charge in [0.2, 0.25) is 5.91 Å². The first-order valence-electron chi connectivity index (χ1n) is 3.57. The number of hydrogen-bond acceptors (Lipinski definition) is 3. The number of alkyl halides is 3. The normalized spacial score (nSPS) is 11.4. The summed E-state index contributed by atoms with van der Waals surface area (Å²) in [5.41, 5.74) is 2.03. The van der Waals surface area contributed by atoms with Gasteiger partial charge in [0.15, 0.2) is 6.61 Å². The highest BCUT2D eigenvalue weighted by Gasteiger charge is 2.27. The van der Waals surface area contributed by atoms with E-state index in [2.05, 4.69) is 10.2 Å². The van der Waals surface area contributed by atoms with Crippen molar-refractivity contribution in [3.63, 3.8) is 0 Å². The van der Waals surface area contributed by atoms with Gasteiger partial charge in [-0.2, -0.15) is 13.2 Å². The van der Waals surface area contributed by atoms with Gasteiger partial charge in [-0.15, -0.1) is 0 Å². The molecule has 0 rings (SSSR count). The number of hydroxylamine groups is 1. The fourth-order valence-corrected chi connectivity index (χ4v) is 0.495. The van der Waals surface area contributed by atoms with Crippen LogP contribution in [0.2, 0.25) is 0 Å². The molecule has 2 N–H and O–H groups in total. The largest absolute Gasteiger partial charge is 0.413 e. The molecular formula is C6H11F3N2O2. The number of hydrogen-bond donors (Lipinski definition) is 2. The molecule has 0 aromatic heterocycles. The molecular weight excluding hydrogens is 189 g/mol. The Hall–Kier alpha value is -0.820. The summed E-state index contributed by atoms with van der Waals surface area (Å²) in [4.78, 5) is 14.6. The maximum atomic E-state index is 11.5. The predicted molar refractivity (Wildman–Crippen MR) is 38.7 cm³/mol. The summed E-state index contributed by atoms with van der Waals surface area (Å²) < 4.78 is 34.4. The Bertz CT molecular complexity index is 160. The molecule has 0 aliphatic carbocycles. The van der Waals surface area contributed by atoms with Gasteiger partial charge in [0, 0.05) is 20.0 Å². The van der Waals surface area contributed by atoms with Gasteiger partial charge in [-0.3, -0.25) is 9.63 Å². The third kappa shape index (κ3) is 9.09. The van der Waals surface area contributed by atoms with Crippen LogP contribution in [0.4, 0.5) is 13.2 Å². The highest BCUT2D eigenvalue weighted by molar-refractivity contribution is 5.75. The summed E-state index contributed by atoms with van der Waals surface area (Å²) in [6.45, 7) is -1.31. The van der Waals surface area contributed by atoms with E-state index in [1.807, 2.05) is 5.48 Å². The van der Waals surface area contributed by atoms with Crippen LogP contribution in [-0.4, -0.2) is 32.3 Å². The molecule has 0 saturated heterocycles. The Labute approximate surface area is 73.4 Å². The monoisotopic (exact) mass is 200 g/mol. The van der Waals surface area contributed by atoms with Gasteiger partial charge < -0.3 is 5.32 Å². The van der Waals surface area contributed by atoms with Crippen LogP contribution >= 0.6 is 0 Å². The van der Waals surface area contributed by atoms with E-state index in [0.717, 1.165) is 0 Å². The van der Waals surface area contributed by atoms with Gasteiger partial charge in [0.25, 0.3) is 0 Å². The second-order valence-electron chi connectivity index (χ2n) is 2.22. The second-order valence-corrected chi connectivity index (χ2v) is 2.22. The first kappa shape index (κ1) is 12.2. The van der Waals surface area contributed by atoms with Crippen LogP contribution in [0.5, 0.6) is 0 Å². The predicted octanol–water partition coefficient (Wildman–Crippen LogP) is 0.206. The third-order valence-corrected chi connectivity index (χ3v) is 1.07. The first-order valence-corrected chi connectivity index (χ1v) is 3.57. The van der Waals surface area contributed by atoms with E-state index in [0.29, 0.717) is 0 Å². The number of rotatable bonds is 5. The molecule has 13 heavy (non-hydrogen) atoms. The van der Waals surface area contributed by atoms with E-state index in [1.54, 1.807) is 0 Å². The molecule has 0 atom stereocenters. The molecule has 0 saturated carbocycles. The van der Waals surface area contributed by atoms with E-state index < -0.39 is 12.8 Å². The number of carbonyl (C=O) groups excluding carboxylic acids is 1. The van der Waals surface area contributed by atoms with Crippen LogP contribution in [0.15, 0.2) is 0 Å². The molecule has 0 aromatic carbocycles. The maximum absolute atomic E-state index is 11.5. The lowest BCUT2D eigenvalue weighted by atomic mass is 10.4. The van der Waals surface area contributed by atoms with E-state index in [9.17, 15) is 18.0 Å². The quantitative estimate of drug-likeness (QED) is 0.492. The summed E-state index contributed by atoms with van der Waals surface area (Å²) in [7, 11) is 1.44. The Morgan fingerprint density at radius 3 is 2.54 bits per heavy atom. The van der Waals surface area contributed by atoms with Gasteiger partial charge in [-0.05, 0) is 0 Å². The lowest BCUT2D eigenvalue weighted by Gasteiger charge is -2.07. The number of nitrogens with one attached hydrogen (secondary N) is 2. The molecule has 0 unspecified atom stereocenters. The average molecular weight is 200 g/mol. The van der Waals surface area contributed by atoms with Gasteiger partial charge in [-0.25, -0.2) is 5.48 Å². The summed E-state index contributed by atoms with van der Waals surface area (Å²) in [6, 6.07) is 0. The second kappa shape index (κ2) is 5.76. The Morgan fingerprint density at radius 2 is 2.08 bits per heavy atom. The highest BCUT2D eigenvalue weighted by Crippen LogP contribution is 2.13. The first-order chi connectivity index (χ1) is 5.95. The molecule has 0 fully saturated rings. The average Bonchev–Trinajstić information content (AvgIpc) is 2.01. The van der Waals surface area contributed by atoms with Crippen molar-refractivity contribution in [2.24, 2.45) is 0 Å². The molecule has 0 aliphatic heterocycles. The molecule has 7 heteroatoms. The lowest BCUT2D eigenvalue weighted by Crippen LogP contribution is -2.28. The Balaban J connectivity index is 3.22. The van der Waals surface area contributed by atoms with E-state index in [4.69, 9.17) is 0 Å². The molecule has 4 nitrogen and oxygen atoms in total. The number of amides is 1. The van der Waals surface area contributed by atoms with Crippen LogP contribution in [0.25, 0.3) is 0 Å². The van der Waals surface area contributed by atoms with Gasteiger partial charge in [-0.1, -0.05) is 0 Å². The van der Waals surface area contributed by atoms with Crippen molar-refractivity contribution in [1.29, 1.82) is 0 Å². The fourth-order valence-electron chi connectivity index (χ4n) is 0.495. The smallest absolute Gasteiger partial charge is 0.359 e. The molecule has 0 radical (unpaired) electrons. The zero-order valence-corrected chi connectivity index (χ0v) is 7.07. The summed E-state index contributed by atoms with van der Waals surface area (Å²) in [6.07, 6.45) is -4.27. The minimum atomic E-state index is -4.35. The molecule has 78 valence electrons. The molecule has 0 spiro atoms. The van der Waals surface area contributed by atoms with Crippen molar-refractivity contribution in [3.8, 4) is 0 Å². The van der Waals surface area contributed by atoms with E-state index in [-0.39, 0.29) is 18.9 Å². The van der Waals surface area contributed by atoms with Crippen molar-refractivity contribution in [2.75, 3.05) is 20.2 Å². The van der Waals surface area contributed by atoms with E-state index >= 15 is 0 Å². The van der Waals surface area contributed by atoms with Crippen molar-refractivity contribution in [3.05, 3.63) is 0 Å². The minimum Gasteiger partial charge on any atom is -0.359 e. The lowest BCUT2D eigenvalue weighted by molar-refractivity contribution is -0.189. The summed E-state index contributed by atoms with van der Waals surface area (Å²) >= 11 is 0. The zero-order valence-electron chi connectivity index (χ0n) is 7.07. The van der Waals surface area contributed by atoms with Crippen LogP contribution in [-0.2, 0) is 9.63 Å². The van der Waals surface area contributed by atoms with Crippen molar-refractivity contribution in [1.82, 2.24) is 10.8 Å². The Kier molecular flexibility index (Phi) is 5.40. The van der Waals surface area contributed by atoms with Crippen LogP contribution < -0.4 is 10.8 Å². The van der Waals surface area contributed by atoms with Crippen molar-refractivity contribution in [2.45, 2.75) is 12.6 Å². The highest BCUT2D eigenvalue weighted by atomic mass is 19.4. The molecule has 0 aliphatic rings. The van der Waals surface area contributed by atoms with Gasteiger partial charge >= 0.3 is 6.18 Å². The molecule has 0 aromatic rings. The molecule has 0 bridgehead atoms. The topological polar surface area (TPSA) is 50.4 Å². The van der Waals surface area contributed by atoms with Crippen LogP contribution in [0.3, 0.4) is 0 Å². The van der Waals surface area contributed by atoms with Gasteiger partial charge in [0.1, 0.15) is 0 Å². The number of halogens is 3. The maximum Gasteiger partial charge on any atom is 0.413 e. The third-order valence-electron chi connectivity index (χ3n) is 1.07. The van der Waals surface area contributed by atoms with E-state index in [1.165, 1.54) is 7.05 Å². The minimum absolute atomic E-state index is 0.0513. The molecule has 1 amide bonds. The van der Waals surface area contributed by atoms with Crippen molar-refractivity contribution < 1.29 is 22.8 Å². The summed E-state index contributed by atoms with van der Waals surface area (Å²) in [5.74, 6) is -0.261. The standard InChI is InChI=1S/C6H11F3N2O2/c1-10-5(12)2-3-11-13-4-6(7,8)9/h11H,2-4H2,1H3,(H,10,12). The van der Waals surface area contributed by atoms with Gasteiger partial charge in [0.05, 0.1) is 0 Å². The van der Waals surface area contributed by atoms with Crippen molar-refractivity contribution >= 4 is 5.91 Å². The van der Waals surface area contributed by atoms with Crippen LogP contribution in [0.1, 0.15) is 6.42 Å². The molecule has 0 heterocycles.